The van der Waals surface area contributed by atoms with E-state index in [1.54, 1.807) is 25.3 Å². The number of ether oxygens (including phenoxy) is 1. The van der Waals surface area contributed by atoms with Gasteiger partial charge < -0.3 is 14.7 Å². The average molecular weight is 500 g/mol. The van der Waals surface area contributed by atoms with E-state index in [-0.39, 0.29) is 49.3 Å². The third-order valence-corrected chi connectivity index (χ3v) is 7.68. The molecule has 1 heterocycles. The van der Waals surface area contributed by atoms with Gasteiger partial charge in [-0.25, -0.2) is 12.7 Å². The molecule has 1 saturated heterocycles. The molecule has 9 nitrogen and oxygen atoms in total. The van der Waals surface area contributed by atoms with Gasteiger partial charge in [-0.3, -0.25) is 10.1 Å². The normalized spacial score (nSPS) is 21.4. The Labute approximate surface area is 200 Å². The molecule has 0 amide bonds. The number of non-ortho nitro benzene ring substituents is 1. The van der Waals surface area contributed by atoms with Crippen molar-refractivity contribution in [3.63, 3.8) is 0 Å². The first-order chi connectivity index (χ1) is 15.0. The van der Waals surface area contributed by atoms with E-state index >= 15 is 0 Å². The third-order valence-electron chi connectivity index (χ3n) is 5.86. The van der Waals surface area contributed by atoms with Crippen molar-refractivity contribution in [3.05, 3.63) is 69.8 Å². The minimum Gasteiger partial charge on any atom is -0.497 e. The number of methoxy groups -OCH3 is 1. The maximum atomic E-state index is 13.2. The first-order valence-corrected chi connectivity index (χ1v) is 11.9. The molecular formula is C22H30ClN3O6S. The zero-order chi connectivity index (χ0) is 23.5. The number of nitro benzene ring substituents is 1. The van der Waals surface area contributed by atoms with Crippen molar-refractivity contribution >= 4 is 28.1 Å². The summed E-state index contributed by atoms with van der Waals surface area (Å²) in [6.45, 7) is 0.772. The lowest BCUT2D eigenvalue weighted by Crippen LogP contribution is -2.54. The second-order valence-corrected chi connectivity index (χ2v) is 10.4. The van der Waals surface area contributed by atoms with Crippen LogP contribution in [0.25, 0.3) is 0 Å². The van der Waals surface area contributed by atoms with Gasteiger partial charge in [0.2, 0.25) is 10.0 Å². The monoisotopic (exact) mass is 499 g/mol. The molecule has 3 rings (SSSR count). The number of aliphatic hydroxyl groups is 1. The Kier molecular flexibility index (Phi) is 8.83. The van der Waals surface area contributed by atoms with E-state index < -0.39 is 20.5 Å². The molecule has 0 aliphatic carbocycles. The summed E-state index contributed by atoms with van der Waals surface area (Å²) in [4.78, 5) is 12.4. The number of hydrogen-bond acceptors (Lipinski definition) is 7. The lowest BCUT2D eigenvalue weighted by atomic mass is 9.76. The van der Waals surface area contributed by atoms with Crippen molar-refractivity contribution in [2.45, 2.75) is 17.8 Å². The number of hydrogen-bond donors (Lipinski definition) is 1. The molecule has 1 N–H and O–H groups in total. The molecule has 2 unspecified atom stereocenters. The molecule has 1 fully saturated rings. The van der Waals surface area contributed by atoms with E-state index in [1.807, 2.05) is 31.1 Å². The highest BCUT2D eigenvalue weighted by Crippen LogP contribution is 2.40. The second kappa shape index (κ2) is 10.8. The van der Waals surface area contributed by atoms with Gasteiger partial charge in [-0.05, 0) is 43.8 Å². The molecule has 0 spiro atoms. The molecule has 1 aliphatic heterocycles. The summed E-state index contributed by atoms with van der Waals surface area (Å²) < 4.78 is 33.0. The Balaban J connectivity index is 0.00000385. The van der Waals surface area contributed by atoms with Gasteiger partial charge in [0.05, 0.1) is 23.4 Å². The molecule has 2 aromatic rings. The largest absolute Gasteiger partial charge is 0.497 e. The molecule has 182 valence electrons. The minimum atomic E-state index is -3.74. The highest BCUT2D eigenvalue weighted by molar-refractivity contribution is 7.88. The van der Waals surface area contributed by atoms with Crippen molar-refractivity contribution in [1.82, 2.24) is 9.21 Å². The van der Waals surface area contributed by atoms with Crippen molar-refractivity contribution in [2.24, 2.45) is 5.92 Å². The molecule has 11 heteroatoms. The molecule has 2 atom stereocenters. The number of rotatable bonds is 8. The number of benzene rings is 2. The van der Waals surface area contributed by atoms with Gasteiger partial charge in [0.15, 0.2) is 0 Å². The maximum absolute atomic E-state index is 13.2. The third kappa shape index (κ3) is 6.21. The summed E-state index contributed by atoms with van der Waals surface area (Å²) in [6, 6.07) is 12.9. The SMILES string of the molecule is COc1cccc(C2(O)CCN(S(=O)(=O)Cc3cccc([N+](=O)[O-])c3)CC2CN(C)C)c1.Cl. The Morgan fingerprint density at radius 3 is 2.58 bits per heavy atom. The van der Waals surface area contributed by atoms with Gasteiger partial charge in [-0.15, -0.1) is 12.4 Å². The van der Waals surface area contributed by atoms with Crippen LogP contribution in [0.15, 0.2) is 48.5 Å². The lowest BCUT2D eigenvalue weighted by Gasteiger charge is -2.45. The average Bonchev–Trinajstić information content (AvgIpc) is 2.74. The summed E-state index contributed by atoms with van der Waals surface area (Å²) in [5.74, 6) is -0.0838. The topological polar surface area (TPSA) is 113 Å². The zero-order valence-electron chi connectivity index (χ0n) is 18.9. The number of nitrogens with zero attached hydrogens (tertiary/aromatic N) is 3. The van der Waals surface area contributed by atoms with Crippen LogP contribution in [-0.2, 0) is 21.4 Å². The highest BCUT2D eigenvalue weighted by atomic mass is 35.5. The molecule has 2 aromatic carbocycles. The van der Waals surface area contributed by atoms with Gasteiger partial charge in [0, 0.05) is 37.7 Å². The standard InChI is InChI=1S/C22H29N3O6S.ClH/c1-23(2)14-19-15-24(11-10-22(19,26)18-7-5-9-21(13-18)31-3)32(29,30)16-17-6-4-8-20(12-17)25(27)28;/h4-9,12-13,19,26H,10-11,14-16H2,1-3H3;1H. The molecule has 0 aromatic heterocycles. The summed E-state index contributed by atoms with van der Waals surface area (Å²) in [6.07, 6.45) is 0.229. The van der Waals surface area contributed by atoms with E-state index in [9.17, 15) is 23.6 Å². The van der Waals surface area contributed by atoms with Gasteiger partial charge in [0.1, 0.15) is 5.75 Å². The smallest absolute Gasteiger partial charge is 0.269 e. The Hall–Kier alpha value is -2.24. The predicted octanol–water partition coefficient (Wildman–Crippen LogP) is 2.63. The quantitative estimate of drug-likeness (QED) is 0.438. The maximum Gasteiger partial charge on any atom is 0.269 e. The Morgan fingerprint density at radius 2 is 1.94 bits per heavy atom. The number of sulfonamides is 1. The number of piperidine rings is 1. The van der Waals surface area contributed by atoms with Crippen LogP contribution in [0, 0.1) is 16.0 Å². The molecule has 0 bridgehead atoms. The van der Waals surface area contributed by atoms with Crippen LogP contribution in [0.4, 0.5) is 5.69 Å². The molecule has 0 saturated carbocycles. The van der Waals surface area contributed by atoms with Gasteiger partial charge in [-0.2, -0.15) is 0 Å². The highest BCUT2D eigenvalue weighted by Gasteiger charge is 2.45. The van der Waals surface area contributed by atoms with Crippen molar-refractivity contribution in [3.8, 4) is 5.75 Å². The van der Waals surface area contributed by atoms with E-state index in [1.165, 1.54) is 22.5 Å². The fraction of sp³-hybridized carbons (Fsp3) is 0.455. The van der Waals surface area contributed by atoms with Gasteiger partial charge in [0.25, 0.3) is 5.69 Å². The summed E-state index contributed by atoms with van der Waals surface area (Å²) >= 11 is 0. The van der Waals surface area contributed by atoms with Crippen LogP contribution < -0.4 is 4.74 Å². The Morgan fingerprint density at radius 1 is 1.24 bits per heavy atom. The van der Waals surface area contributed by atoms with Crippen molar-refractivity contribution in [1.29, 1.82) is 0 Å². The van der Waals surface area contributed by atoms with Crippen LogP contribution in [0.5, 0.6) is 5.75 Å². The molecule has 0 radical (unpaired) electrons. The summed E-state index contributed by atoms with van der Waals surface area (Å²) in [7, 11) is 1.58. The zero-order valence-corrected chi connectivity index (χ0v) is 20.5. The second-order valence-electron chi connectivity index (χ2n) is 8.41. The van der Waals surface area contributed by atoms with E-state index in [0.29, 0.717) is 23.4 Å². The van der Waals surface area contributed by atoms with Gasteiger partial charge in [-0.1, -0.05) is 24.3 Å². The summed E-state index contributed by atoms with van der Waals surface area (Å²) in [5, 5.41) is 22.7. The van der Waals surface area contributed by atoms with Crippen LogP contribution in [0.1, 0.15) is 17.5 Å². The van der Waals surface area contributed by atoms with Crippen LogP contribution in [-0.4, -0.2) is 68.5 Å². The Bertz CT molecular complexity index is 1080. The fourth-order valence-electron chi connectivity index (χ4n) is 4.22. The van der Waals surface area contributed by atoms with Crippen molar-refractivity contribution in [2.75, 3.05) is 40.8 Å². The van der Waals surface area contributed by atoms with E-state index in [2.05, 4.69) is 0 Å². The van der Waals surface area contributed by atoms with Crippen LogP contribution in [0.2, 0.25) is 0 Å². The van der Waals surface area contributed by atoms with E-state index in [0.717, 1.165) is 0 Å². The summed E-state index contributed by atoms with van der Waals surface area (Å²) in [5.41, 5.74) is -0.304. The first-order valence-electron chi connectivity index (χ1n) is 10.3. The number of nitro groups is 1. The van der Waals surface area contributed by atoms with Crippen LogP contribution in [0.3, 0.4) is 0 Å². The lowest BCUT2D eigenvalue weighted by molar-refractivity contribution is -0.384. The van der Waals surface area contributed by atoms with Crippen molar-refractivity contribution < 1.29 is 23.2 Å². The number of halogens is 1. The molecular weight excluding hydrogens is 470 g/mol. The fourth-order valence-corrected chi connectivity index (χ4v) is 5.78. The molecule has 1 aliphatic rings. The van der Waals surface area contributed by atoms with E-state index in [4.69, 9.17) is 4.74 Å². The first kappa shape index (κ1) is 27.0. The minimum absolute atomic E-state index is 0. The molecule has 33 heavy (non-hydrogen) atoms. The van der Waals surface area contributed by atoms with Crippen LogP contribution >= 0.6 is 12.4 Å². The van der Waals surface area contributed by atoms with Gasteiger partial charge >= 0.3 is 0 Å². The predicted molar refractivity (Wildman–Crippen MR) is 128 cm³/mol.